The van der Waals surface area contributed by atoms with Crippen LogP contribution in [0.25, 0.3) is 0 Å². The Labute approximate surface area is 117 Å². The summed E-state index contributed by atoms with van der Waals surface area (Å²) in [7, 11) is 0. The molecule has 4 atom stereocenters. The highest BCUT2D eigenvalue weighted by Gasteiger charge is 2.38. The van der Waals surface area contributed by atoms with Gasteiger partial charge < -0.3 is 10.6 Å². The Bertz CT molecular complexity index is 312. The lowest BCUT2D eigenvalue weighted by atomic mass is 9.72. The predicted octanol–water partition coefficient (Wildman–Crippen LogP) is 2.79. The molecule has 0 bridgehead atoms. The van der Waals surface area contributed by atoms with E-state index in [9.17, 15) is 4.79 Å². The summed E-state index contributed by atoms with van der Waals surface area (Å²) in [5.41, 5.74) is 6.19. The monoisotopic (exact) mass is 266 g/mol. The van der Waals surface area contributed by atoms with Gasteiger partial charge in [-0.15, -0.1) is 0 Å². The molecule has 0 heterocycles. The number of hydrogen-bond donors (Lipinski definition) is 1. The Morgan fingerprint density at radius 3 is 2.37 bits per heavy atom. The zero-order valence-electron chi connectivity index (χ0n) is 12.8. The van der Waals surface area contributed by atoms with Crippen molar-refractivity contribution in [3.05, 3.63) is 0 Å². The third-order valence-electron chi connectivity index (χ3n) is 5.39. The molecule has 0 aromatic carbocycles. The second kappa shape index (κ2) is 6.25. The molecule has 2 aliphatic rings. The molecule has 2 fully saturated rings. The maximum absolute atomic E-state index is 12.8. The fourth-order valence-electron chi connectivity index (χ4n) is 4.05. The zero-order chi connectivity index (χ0) is 14.0. The van der Waals surface area contributed by atoms with E-state index in [-0.39, 0.29) is 12.0 Å². The topological polar surface area (TPSA) is 46.3 Å². The largest absolute Gasteiger partial charge is 0.340 e. The Morgan fingerprint density at radius 1 is 1.16 bits per heavy atom. The lowest BCUT2D eigenvalue weighted by molar-refractivity contribution is -0.141. The molecule has 1 amide bonds. The summed E-state index contributed by atoms with van der Waals surface area (Å²) >= 11 is 0. The molecule has 2 saturated carbocycles. The maximum atomic E-state index is 12.8. The van der Waals surface area contributed by atoms with Gasteiger partial charge in [-0.05, 0) is 44.4 Å². The minimum absolute atomic E-state index is 0.159. The fraction of sp³-hybridized carbons (Fsp3) is 0.938. The van der Waals surface area contributed by atoms with E-state index in [1.165, 1.54) is 25.7 Å². The summed E-state index contributed by atoms with van der Waals surface area (Å²) in [4.78, 5) is 15.0. The van der Waals surface area contributed by atoms with Gasteiger partial charge in [0.15, 0.2) is 0 Å². The minimum atomic E-state index is 0.159. The molecule has 0 aliphatic heterocycles. The van der Waals surface area contributed by atoms with Crippen LogP contribution < -0.4 is 5.73 Å². The van der Waals surface area contributed by atoms with Crippen LogP contribution in [0.2, 0.25) is 0 Å². The molecule has 19 heavy (non-hydrogen) atoms. The summed E-state index contributed by atoms with van der Waals surface area (Å²) in [6, 6.07) is 0.702. The molecule has 4 unspecified atom stereocenters. The summed E-state index contributed by atoms with van der Waals surface area (Å²) < 4.78 is 0. The van der Waals surface area contributed by atoms with Gasteiger partial charge in [-0.25, -0.2) is 0 Å². The zero-order valence-corrected chi connectivity index (χ0v) is 12.8. The van der Waals surface area contributed by atoms with Gasteiger partial charge >= 0.3 is 0 Å². The van der Waals surface area contributed by atoms with E-state index >= 15 is 0 Å². The van der Waals surface area contributed by atoms with Crippen LogP contribution in [-0.4, -0.2) is 29.4 Å². The van der Waals surface area contributed by atoms with Crippen LogP contribution in [0.1, 0.15) is 59.3 Å². The average molecular weight is 266 g/mol. The van der Waals surface area contributed by atoms with Crippen molar-refractivity contribution in [3.63, 3.8) is 0 Å². The van der Waals surface area contributed by atoms with Crippen molar-refractivity contribution in [1.29, 1.82) is 0 Å². The second-order valence-corrected chi connectivity index (χ2v) is 6.76. The van der Waals surface area contributed by atoms with Gasteiger partial charge in [0, 0.05) is 24.5 Å². The third kappa shape index (κ3) is 3.13. The van der Waals surface area contributed by atoms with E-state index in [2.05, 4.69) is 25.7 Å². The third-order valence-corrected chi connectivity index (χ3v) is 5.39. The average Bonchev–Trinajstić information content (AvgIpc) is 2.88. The molecule has 2 aliphatic carbocycles. The normalized spacial score (nSPS) is 36.4. The Hall–Kier alpha value is -0.570. The minimum Gasteiger partial charge on any atom is -0.340 e. The fourth-order valence-corrected chi connectivity index (χ4v) is 4.05. The van der Waals surface area contributed by atoms with Crippen molar-refractivity contribution in [1.82, 2.24) is 4.90 Å². The van der Waals surface area contributed by atoms with Gasteiger partial charge in [0.25, 0.3) is 0 Å². The van der Waals surface area contributed by atoms with Crippen LogP contribution in [0.15, 0.2) is 0 Å². The first-order valence-corrected chi connectivity index (χ1v) is 8.10. The molecule has 0 saturated heterocycles. The number of carbonyl (C=O) groups excluding carboxylic acids is 1. The van der Waals surface area contributed by atoms with E-state index in [1.54, 1.807) is 0 Å². The van der Waals surface area contributed by atoms with Crippen molar-refractivity contribution >= 4 is 5.91 Å². The summed E-state index contributed by atoms with van der Waals surface area (Å²) in [5, 5.41) is 0. The lowest BCUT2D eigenvalue weighted by Crippen LogP contribution is -2.49. The van der Waals surface area contributed by atoms with E-state index in [0.29, 0.717) is 23.8 Å². The highest BCUT2D eigenvalue weighted by Crippen LogP contribution is 2.35. The van der Waals surface area contributed by atoms with Gasteiger partial charge in [0.2, 0.25) is 5.91 Å². The van der Waals surface area contributed by atoms with Gasteiger partial charge in [0.05, 0.1) is 0 Å². The van der Waals surface area contributed by atoms with E-state index in [4.69, 9.17) is 5.73 Å². The lowest BCUT2D eigenvalue weighted by Gasteiger charge is -2.40. The molecule has 2 N–H and O–H groups in total. The van der Waals surface area contributed by atoms with Crippen molar-refractivity contribution in [2.45, 2.75) is 71.4 Å². The molecule has 3 heteroatoms. The number of hydrogen-bond acceptors (Lipinski definition) is 2. The first-order valence-electron chi connectivity index (χ1n) is 8.10. The number of nitrogens with two attached hydrogens (primary N) is 1. The smallest absolute Gasteiger partial charge is 0.226 e. The van der Waals surface area contributed by atoms with Crippen molar-refractivity contribution in [2.75, 3.05) is 6.54 Å². The molecular weight excluding hydrogens is 236 g/mol. The molecule has 2 rings (SSSR count). The number of amides is 1. The molecule has 3 nitrogen and oxygen atoms in total. The SMILES string of the molecule is CCN(C(=O)C1CC(N)C(C)CC1C)C1CCCC1. The van der Waals surface area contributed by atoms with Crippen molar-refractivity contribution in [2.24, 2.45) is 23.5 Å². The van der Waals surface area contributed by atoms with Crippen LogP contribution in [0, 0.1) is 17.8 Å². The van der Waals surface area contributed by atoms with Crippen LogP contribution in [0.3, 0.4) is 0 Å². The molecule has 110 valence electrons. The van der Waals surface area contributed by atoms with Crippen LogP contribution >= 0.6 is 0 Å². The highest BCUT2D eigenvalue weighted by molar-refractivity contribution is 5.79. The Kier molecular flexibility index (Phi) is 4.88. The predicted molar refractivity (Wildman–Crippen MR) is 78.7 cm³/mol. The number of carbonyl (C=O) groups is 1. The summed E-state index contributed by atoms with van der Waals surface area (Å²) in [6.45, 7) is 7.42. The van der Waals surface area contributed by atoms with Gasteiger partial charge in [-0.3, -0.25) is 4.79 Å². The summed E-state index contributed by atoms with van der Waals surface area (Å²) in [5.74, 6) is 1.58. The first kappa shape index (κ1) is 14.8. The Morgan fingerprint density at radius 2 is 1.79 bits per heavy atom. The molecule has 0 aromatic rings. The second-order valence-electron chi connectivity index (χ2n) is 6.76. The van der Waals surface area contributed by atoms with E-state index < -0.39 is 0 Å². The van der Waals surface area contributed by atoms with Crippen molar-refractivity contribution < 1.29 is 4.79 Å². The maximum Gasteiger partial charge on any atom is 0.226 e. The van der Waals surface area contributed by atoms with E-state index in [1.807, 2.05) is 0 Å². The van der Waals surface area contributed by atoms with Crippen molar-refractivity contribution in [3.8, 4) is 0 Å². The van der Waals surface area contributed by atoms with Crippen LogP contribution in [0.5, 0.6) is 0 Å². The van der Waals surface area contributed by atoms with Gasteiger partial charge in [0.1, 0.15) is 0 Å². The highest BCUT2D eigenvalue weighted by atomic mass is 16.2. The van der Waals surface area contributed by atoms with Crippen LogP contribution in [-0.2, 0) is 4.79 Å². The standard InChI is InChI=1S/C16H30N2O/c1-4-18(13-7-5-6-8-13)16(19)14-10-15(17)12(3)9-11(14)2/h11-15H,4-10,17H2,1-3H3. The molecular formula is C16H30N2O. The van der Waals surface area contributed by atoms with E-state index in [0.717, 1.165) is 19.4 Å². The van der Waals surface area contributed by atoms with Gasteiger partial charge in [-0.2, -0.15) is 0 Å². The molecule has 0 spiro atoms. The molecule has 0 radical (unpaired) electrons. The van der Waals surface area contributed by atoms with Gasteiger partial charge in [-0.1, -0.05) is 26.7 Å². The quantitative estimate of drug-likeness (QED) is 0.854. The number of rotatable bonds is 3. The molecule has 0 aromatic heterocycles. The first-order chi connectivity index (χ1) is 9.04. The Balaban J connectivity index is 2.04. The summed E-state index contributed by atoms with van der Waals surface area (Å²) in [6.07, 6.45) is 6.94. The number of nitrogens with zero attached hydrogens (tertiary/aromatic N) is 1. The van der Waals surface area contributed by atoms with Crippen LogP contribution in [0.4, 0.5) is 0 Å².